The molecule has 0 saturated heterocycles. The van der Waals surface area contributed by atoms with Crippen molar-refractivity contribution in [1.82, 2.24) is 24.9 Å². The van der Waals surface area contributed by atoms with Crippen molar-refractivity contribution in [2.75, 3.05) is 0 Å². The third kappa shape index (κ3) is 6.00. The minimum atomic E-state index is 0.573. The Balaban J connectivity index is 1.53. The van der Waals surface area contributed by atoms with Crippen molar-refractivity contribution in [3.8, 4) is 22.3 Å². The number of allylic oxidation sites excluding steroid dienone is 4. The van der Waals surface area contributed by atoms with Gasteiger partial charge in [-0.3, -0.25) is 19.9 Å². The molecule has 220 valence electrons. The highest BCUT2D eigenvalue weighted by atomic mass is 32.1. The number of aromatic nitrogens is 5. The molecule has 0 atom stereocenters. The van der Waals surface area contributed by atoms with Gasteiger partial charge in [0, 0.05) is 77.5 Å². The van der Waals surface area contributed by atoms with Crippen LogP contribution in [0, 0.1) is 0 Å². The molecule has 0 fully saturated rings. The number of para-hydroxylation sites is 1. The van der Waals surface area contributed by atoms with Gasteiger partial charge in [0.25, 0.3) is 0 Å². The summed E-state index contributed by atoms with van der Waals surface area (Å²) >= 11 is 1.60. The van der Waals surface area contributed by atoms with Crippen molar-refractivity contribution < 1.29 is 0 Å². The number of nitrogens with zero attached hydrogens (tertiary/aromatic N) is 5. The highest BCUT2D eigenvalue weighted by molar-refractivity contribution is 7.19. The van der Waals surface area contributed by atoms with Gasteiger partial charge in [-0.15, -0.1) is 11.3 Å². The lowest BCUT2D eigenvalue weighted by molar-refractivity contribution is 1.30. The van der Waals surface area contributed by atoms with E-state index in [0.717, 1.165) is 70.9 Å². The van der Waals surface area contributed by atoms with E-state index in [2.05, 4.69) is 56.9 Å². The SMILES string of the molecule is C=C(/C=C(\C(=C(/N)c1cc(-c2cccnc2)cc(-c2cccnc2)c1)c1nc2ccccc2s1)c1cccnc1)c1cccnc1. The average molecular weight is 613 g/mol. The maximum absolute atomic E-state index is 7.35. The Labute approximate surface area is 271 Å². The number of hydrogen-bond acceptors (Lipinski definition) is 7. The molecule has 2 aromatic carbocycles. The molecule has 0 radical (unpaired) electrons. The van der Waals surface area contributed by atoms with Crippen LogP contribution in [0.1, 0.15) is 21.7 Å². The summed E-state index contributed by atoms with van der Waals surface area (Å²) < 4.78 is 1.07. The Kier molecular flexibility index (Phi) is 8.05. The molecule has 0 aliphatic carbocycles. The number of pyridine rings is 4. The van der Waals surface area contributed by atoms with Crippen LogP contribution in [-0.2, 0) is 0 Å². The highest BCUT2D eigenvalue weighted by Gasteiger charge is 2.21. The number of thiazole rings is 1. The van der Waals surface area contributed by atoms with Crippen LogP contribution in [0.25, 0.3) is 54.9 Å². The minimum absolute atomic E-state index is 0.573. The largest absolute Gasteiger partial charge is 0.398 e. The summed E-state index contributed by atoms with van der Waals surface area (Å²) in [6, 6.07) is 30.3. The maximum Gasteiger partial charge on any atom is 0.127 e. The predicted octanol–water partition coefficient (Wildman–Crippen LogP) is 8.83. The first kappa shape index (κ1) is 28.7. The quantitative estimate of drug-likeness (QED) is 0.173. The third-order valence-corrected chi connectivity index (χ3v) is 8.66. The number of fused-ring (bicyclic) bond motifs is 1. The van der Waals surface area contributed by atoms with E-state index in [0.29, 0.717) is 5.70 Å². The standard InChI is InChI=1S/C39H28N6S/c1-26(27-8-4-14-41-22-27)18-34(30-11-7-17-44-25-30)37(39-45-35-12-2-3-13-36(35)46-39)38(40)33-20-31(28-9-5-15-42-23-28)19-32(21-33)29-10-6-16-43-24-29/h2-25H,1,40H2/b34-18-,38-37+. The summed E-state index contributed by atoms with van der Waals surface area (Å²) in [5.74, 6) is 0. The van der Waals surface area contributed by atoms with Gasteiger partial charge in [0.1, 0.15) is 5.01 Å². The Morgan fingerprint density at radius 1 is 0.609 bits per heavy atom. The molecule has 0 saturated carbocycles. The van der Waals surface area contributed by atoms with E-state index in [1.807, 2.05) is 91.5 Å². The normalized spacial score (nSPS) is 12.1. The van der Waals surface area contributed by atoms with Crippen molar-refractivity contribution >= 4 is 44.0 Å². The summed E-state index contributed by atoms with van der Waals surface area (Å²) in [5, 5.41) is 0.794. The molecule has 0 aliphatic heterocycles. The number of hydrogen-bond donors (Lipinski definition) is 1. The van der Waals surface area contributed by atoms with E-state index in [1.54, 1.807) is 36.1 Å². The van der Waals surface area contributed by atoms with Crippen LogP contribution in [0.5, 0.6) is 0 Å². The summed E-state index contributed by atoms with van der Waals surface area (Å²) in [7, 11) is 0. The van der Waals surface area contributed by atoms with Crippen molar-refractivity contribution in [1.29, 1.82) is 0 Å². The second-order valence-electron chi connectivity index (χ2n) is 10.6. The molecule has 0 amide bonds. The van der Waals surface area contributed by atoms with Crippen molar-refractivity contribution in [3.63, 3.8) is 0 Å². The fraction of sp³-hybridized carbons (Fsp3) is 0. The van der Waals surface area contributed by atoms with Gasteiger partial charge in [0.05, 0.1) is 10.2 Å². The monoisotopic (exact) mass is 612 g/mol. The molecule has 5 aromatic heterocycles. The van der Waals surface area contributed by atoms with Crippen molar-refractivity contribution in [2.24, 2.45) is 5.73 Å². The first-order valence-corrected chi connectivity index (χ1v) is 15.5. The van der Waals surface area contributed by atoms with Gasteiger partial charge in [-0.05, 0) is 94.1 Å². The Bertz CT molecular complexity index is 2120. The minimum Gasteiger partial charge on any atom is -0.398 e. The Morgan fingerprint density at radius 3 is 1.76 bits per heavy atom. The lowest BCUT2D eigenvalue weighted by Crippen LogP contribution is -2.05. The summed E-state index contributed by atoms with van der Waals surface area (Å²) in [4.78, 5) is 22.6. The maximum atomic E-state index is 7.35. The van der Waals surface area contributed by atoms with E-state index >= 15 is 0 Å². The smallest absolute Gasteiger partial charge is 0.127 e. The molecule has 0 bridgehead atoms. The lowest BCUT2D eigenvalue weighted by atomic mass is 9.90. The summed E-state index contributed by atoms with van der Waals surface area (Å²) in [6.45, 7) is 4.42. The Hall–Kier alpha value is -6.05. The van der Waals surface area contributed by atoms with Gasteiger partial charge < -0.3 is 5.73 Å². The van der Waals surface area contributed by atoms with E-state index in [-0.39, 0.29) is 0 Å². The summed E-state index contributed by atoms with van der Waals surface area (Å²) in [5.41, 5.74) is 17.9. The predicted molar refractivity (Wildman–Crippen MR) is 189 cm³/mol. The molecule has 7 heteroatoms. The molecule has 46 heavy (non-hydrogen) atoms. The van der Waals surface area contributed by atoms with Crippen LogP contribution in [0.2, 0.25) is 0 Å². The van der Waals surface area contributed by atoms with Crippen molar-refractivity contribution in [2.45, 2.75) is 0 Å². The van der Waals surface area contributed by atoms with Gasteiger partial charge >= 0.3 is 0 Å². The molecule has 0 aliphatic rings. The van der Waals surface area contributed by atoms with E-state index in [9.17, 15) is 0 Å². The van der Waals surface area contributed by atoms with E-state index in [1.165, 1.54) is 0 Å². The topological polar surface area (TPSA) is 90.5 Å². The molecule has 7 aromatic rings. The first-order valence-electron chi connectivity index (χ1n) is 14.7. The van der Waals surface area contributed by atoms with Crippen LogP contribution in [0.15, 0.2) is 153 Å². The molecule has 6 nitrogen and oxygen atoms in total. The molecule has 0 unspecified atom stereocenters. The van der Waals surface area contributed by atoms with Gasteiger partial charge in [-0.25, -0.2) is 4.98 Å². The molecule has 7 rings (SSSR count). The third-order valence-electron chi connectivity index (χ3n) is 7.60. The van der Waals surface area contributed by atoms with Crippen LogP contribution in [-0.4, -0.2) is 24.9 Å². The zero-order valence-electron chi connectivity index (χ0n) is 24.8. The number of rotatable bonds is 8. The highest BCUT2D eigenvalue weighted by Crippen LogP contribution is 2.41. The average Bonchev–Trinajstić information content (AvgIpc) is 3.56. The molecular weight excluding hydrogens is 585 g/mol. The molecule has 5 heterocycles. The van der Waals surface area contributed by atoms with Gasteiger partial charge in [0.2, 0.25) is 0 Å². The van der Waals surface area contributed by atoms with Gasteiger partial charge in [0.15, 0.2) is 0 Å². The molecule has 0 spiro atoms. The van der Waals surface area contributed by atoms with Crippen LogP contribution >= 0.6 is 11.3 Å². The zero-order chi connectivity index (χ0) is 31.3. The van der Waals surface area contributed by atoms with Crippen LogP contribution < -0.4 is 5.73 Å². The fourth-order valence-electron chi connectivity index (χ4n) is 5.31. The summed E-state index contributed by atoms with van der Waals surface area (Å²) in [6.07, 6.45) is 16.5. The van der Waals surface area contributed by atoms with Crippen LogP contribution in [0.4, 0.5) is 0 Å². The van der Waals surface area contributed by atoms with Gasteiger partial charge in [-0.1, -0.05) is 43.0 Å². The zero-order valence-corrected chi connectivity index (χ0v) is 25.6. The first-order chi connectivity index (χ1) is 22.6. The number of benzene rings is 2. The van der Waals surface area contributed by atoms with Crippen LogP contribution in [0.3, 0.4) is 0 Å². The van der Waals surface area contributed by atoms with E-state index in [4.69, 9.17) is 10.7 Å². The second-order valence-corrected chi connectivity index (χ2v) is 11.7. The Morgan fingerprint density at radius 2 is 1.20 bits per heavy atom. The number of nitrogens with two attached hydrogens (primary N) is 1. The lowest BCUT2D eigenvalue weighted by Gasteiger charge is -2.17. The fourth-order valence-corrected chi connectivity index (χ4v) is 6.35. The van der Waals surface area contributed by atoms with Gasteiger partial charge in [-0.2, -0.15) is 0 Å². The van der Waals surface area contributed by atoms with Crippen molar-refractivity contribution in [3.05, 3.63) is 175 Å². The molecular formula is C39H28N6S. The molecule has 2 N–H and O–H groups in total. The second kappa shape index (κ2) is 12.9. The van der Waals surface area contributed by atoms with E-state index < -0.39 is 0 Å².